The summed E-state index contributed by atoms with van der Waals surface area (Å²) in [6, 6.07) is 9.05. The number of aromatic hydroxyl groups is 1. The summed E-state index contributed by atoms with van der Waals surface area (Å²) in [6.45, 7) is 0. The third kappa shape index (κ3) is 3.82. The highest BCUT2D eigenvalue weighted by Gasteiger charge is 2.14. The number of non-ortho nitro benzene ring substituents is 1. The highest BCUT2D eigenvalue weighted by Crippen LogP contribution is 2.24. The molecule has 0 saturated carbocycles. The number of nitro groups is 1. The number of nitrogens with one attached hydrogen (secondary N) is 1. The molecule has 8 nitrogen and oxygen atoms in total. The van der Waals surface area contributed by atoms with E-state index in [-0.39, 0.29) is 32.4 Å². The van der Waals surface area contributed by atoms with E-state index in [2.05, 4.69) is 9.98 Å². The Hall–Kier alpha value is -3.37. The van der Waals surface area contributed by atoms with Crippen molar-refractivity contribution in [2.24, 2.45) is 4.99 Å². The predicted octanol–water partition coefficient (Wildman–Crippen LogP) is 4.05. The molecule has 0 fully saturated rings. The van der Waals surface area contributed by atoms with Gasteiger partial charge in [0.25, 0.3) is 11.2 Å². The van der Waals surface area contributed by atoms with Crippen LogP contribution in [0.5, 0.6) is 5.88 Å². The Morgan fingerprint density at radius 3 is 2.75 bits per heavy atom. The van der Waals surface area contributed by atoms with Crippen LogP contribution in [0.4, 0.5) is 15.8 Å². The van der Waals surface area contributed by atoms with E-state index in [1.807, 2.05) is 0 Å². The largest absolute Gasteiger partial charge is 0.494 e. The van der Waals surface area contributed by atoms with Crippen molar-refractivity contribution in [2.75, 3.05) is 0 Å². The van der Waals surface area contributed by atoms with E-state index in [1.165, 1.54) is 36.4 Å². The number of nitro benzene ring substituents is 1. The molecule has 28 heavy (non-hydrogen) atoms. The van der Waals surface area contributed by atoms with E-state index in [0.717, 1.165) is 16.8 Å². The van der Waals surface area contributed by atoms with Crippen molar-refractivity contribution in [3.05, 3.63) is 84.1 Å². The lowest BCUT2D eigenvalue weighted by Crippen LogP contribution is -2.18. The molecule has 2 N–H and O–H groups in total. The molecule has 0 aliphatic rings. The summed E-state index contributed by atoms with van der Waals surface area (Å²) >= 11 is 10.8. The van der Waals surface area contributed by atoms with Crippen LogP contribution in [0.15, 0.2) is 52.3 Å². The van der Waals surface area contributed by atoms with Crippen LogP contribution < -0.4 is 5.56 Å². The summed E-state index contributed by atoms with van der Waals surface area (Å²) < 4.78 is 14.3. The summed E-state index contributed by atoms with van der Waals surface area (Å²) in [6.07, 6.45) is 1.05. The number of hydrogen-bond acceptors (Lipinski definition) is 6. The summed E-state index contributed by atoms with van der Waals surface area (Å²) in [5.41, 5.74) is -0.728. The number of nitrogens with zero attached hydrogens (tertiary/aromatic N) is 3. The average Bonchev–Trinajstić information content (AvgIpc) is 2.64. The first-order valence-corrected chi connectivity index (χ1v) is 8.39. The van der Waals surface area contributed by atoms with Crippen LogP contribution in [-0.2, 0) is 0 Å². The van der Waals surface area contributed by atoms with Crippen LogP contribution in [0.2, 0.25) is 5.02 Å². The predicted molar refractivity (Wildman–Crippen MR) is 104 cm³/mol. The molecular weight excluding hydrogens is 411 g/mol. The van der Waals surface area contributed by atoms with E-state index in [4.69, 9.17) is 23.8 Å². The summed E-state index contributed by atoms with van der Waals surface area (Å²) in [7, 11) is 0. The van der Waals surface area contributed by atoms with Crippen molar-refractivity contribution < 1.29 is 14.4 Å². The van der Waals surface area contributed by atoms with E-state index in [1.54, 1.807) is 0 Å². The van der Waals surface area contributed by atoms with Crippen molar-refractivity contribution in [1.29, 1.82) is 0 Å². The maximum Gasteiger partial charge on any atom is 0.271 e. The number of rotatable bonds is 4. The number of benzene rings is 2. The first-order chi connectivity index (χ1) is 13.3. The van der Waals surface area contributed by atoms with E-state index < -0.39 is 22.2 Å². The first-order valence-electron chi connectivity index (χ1n) is 7.60. The molecule has 3 rings (SSSR count). The zero-order valence-corrected chi connectivity index (χ0v) is 15.4. The van der Waals surface area contributed by atoms with Crippen LogP contribution in [0.1, 0.15) is 5.56 Å². The van der Waals surface area contributed by atoms with Crippen LogP contribution >= 0.6 is 23.8 Å². The zero-order valence-electron chi connectivity index (χ0n) is 13.8. The minimum absolute atomic E-state index is 0.141. The fraction of sp³-hybridized carbons (Fsp3) is 0. The fourth-order valence-corrected chi connectivity index (χ4v) is 2.80. The van der Waals surface area contributed by atoms with Gasteiger partial charge in [-0.3, -0.25) is 29.5 Å². The standard InChI is InChI=1S/C17H10ClFN4O4S/c18-13-7-10(4-5-14(13)19)22-16(25)12(15(24)21-17(22)28)8-20-9-2-1-3-11(6-9)23(26)27/h1-8,25H,(H,21,24,28). The molecule has 0 bridgehead atoms. The molecule has 2 aromatic carbocycles. The highest BCUT2D eigenvalue weighted by atomic mass is 35.5. The smallest absolute Gasteiger partial charge is 0.271 e. The lowest BCUT2D eigenvalue weighted by Gasteiger charge is -2.11. The molecule has 0 aliphatic carbocycles. The topological polar surface area (TPSA) is 114 Å². The molecule has 1 heterocycles. The van der Waals surface area contributed by atoms with Gasteiger partial charge in [0.05, 0.1) is 21.3 Å². The molecular formula is C17H10ClFN4O4S. The van der Waals surface area contributed by atoms with Crippen molar-refractivity contribution in [3.8, 4) is 11.6 Å². The SMILES string of the molecule is O=c1[nH]c(=S)n(-c2ccc(F)c(Cl)c2)c(O)c1C=Nc1cccc([N+](=O)[O-])c1. The van der Waals surface area contributed by atoms with Crippen molar-refractivity contribution in [2.45, 2.75) is 0 Å². The fourth-order valence-electron chi connectivity index (χ4n) is 2.34. The third-order valence-electron chi connectivity index (χ3n) is 3.67. The number of hydrogen-bond donors (Lipinski definition) is 2. The molecule has 142 valence electrons. The Kier molecular flexibility index (Phi) is 5.34. The van der Waals surface area contributed by atoms with Gasteiger partial charge in [0, 0.05) is 18.3 Å². The Morgan fingerprint density at radius 1 is 1.32 bits per heavy atom. The van der Waals surface area contributed by atoms with E-state index in [0.29, 0.717) is 0 Å². The minimum Gasteiger partial charge on any atom is -0.494 e. The second kappa shape index (κ2) is 7.71. The Labute approximate surface area is 166 Å². The summed E-state index contributed by atoms with van der Waals surface area (Å²) in [4.78, 5) is 28.8. The van der Waals surface area contributed by atoms with Gasteiger partial charge in [-0.1, -0.05) is 17.7 Å². The van der Waals surface area contributed by atoms with Gasteiger partial charge in [-0.05, 0) is 36.5 Å². The molecule has 0 atom stereocenters. The average molecular weight is 421 g/mol. The lowest BCUT2D eigenvalue weighted by atomic mass is 10.2. The number of aromatic nitrogens is 2. The normalized spacial score (nSPS) is 11.1. The molecule has 0 saturated heterocycles. The lowest BCUT2D eigenvalue weighted by molar-refractivity contribution is -0.384. The number of H-pyrrole nitrogens is 1. The molecule has 0 unspecified atom stereocenters. The number of aromatic amines is 1. The molecule has 11 heteroatoms. The second-order valence-corrected chi connectivity index (χ2v) is 6.26. The zero-order chi connectivity index (χ0) is 20.4. The minimum atomic E-state index is -0.721. The third-order valence-corrected chi connectivity index (χ3v) is 4.24. The van der Waals surface area contributed by atoms with Gasteiger partial charge < -0.3 is 5.11 Å². The monoisotopic (exact) mass is 420 g/mol. The van der Waals surface area contributed by atoms with Crippen LogP contribution in [-0.4, -0.2) is 25.8 Å². The molecule has 0 amide bonds. The van der Waals surface area contributed by atoms with Crippen LogP contribution in [0.3, 0.4) is 0 Å². The summed E-state index contributed by atoms with van der Waals surface area (Å²) in [5.74, 6) is -1.21. The first kappa shape index (κ1) is 19.4. The highest BCUT2D eigenvalue weighted by molar-refractivity contribution is 7.71. The van der Waals surface area contributed by atoms with Crippen LogP contribution in [0, 0.1) is 20.7 Å². The van der Waals surface area contributed by atoms with E-state index >= 15 is 0 Å². The van der Waals surface area contributed by atoms with Gasteiger partial charge in [-0.2, -0.15) is 0 Å². The Bertz CT molecular complexity index is 1240. The van der Waals surface area contributed by atoms with Gasteiger partial charge >= 0.3 is 0 Å². The molecule has 3 aromatic rings. The van der Waals surface area contributed by atoms with Gasteiger partial charge in [-0.15, -0.1) is 0 Å². The van der Waals surface area contributed by atoms with Crippen molar-refractivity contribution >= 4 is 41.4 Å². The van der Waals surface area contributed by atoms with Gasteiger partial charge in [-0.25, -0.2) is 4.39 Å². The number of halogens is 2. The summed E-state index contributed by atoms with van der Waals surface area (Å²) in [5, 5.41) is 21.2. The second-order valence-electron chi connectivity index (χ2n) is 5.47. The Morgan fingerprint density at radius 2 is 2.07 bits per heavy atom. The molecule has 0 aliphatic heterocycles. The van der Waals surface area contributed by atoms with Gasteiger partial charge in [0.2, 0.25) is 5.88 Å². The van der Waals surface area contributed by atoms with Crippen molar-refractivity contribution in [3.63, 3.8) is 0 Å². The quantitative estimate of drug-likeness (QED) is 0.286. The van der Waals surface area contributed by atoms with Crippen molar-refractivity contribution in [1.82, 2.24) is 9.55 Å². The Balaban J connectivity index is 2.11. The molecule has 0 spiro atoms. The molecule has 1 aromatic heterocycles. The number of aliphatic imine (C=N–C) groups is 1. The maximum atomic E-state index is 13.4. The van der Waals surface area contributed by atoms with Gasteiger partial charge in [0.1, 0.15) is 11.4 Å². The maximum absolute atomic E-state index is 13.4. The van der Waals surface area contributed by atoms with Gasteiger partial charge in [0.15, 0.2) is 4.77 Å². The van der Waals surface area contributed by atoms with E-state index in [9.17, 15) is 24.4 Å². The molecule has 0 radical (unpaired) electrons. The van der Waals surface area contributed by atoms with Crippen LogP contribution in [0.25, 0.3) is 5.69 Å².